The van der Waals surface area contributed by atoms with Crippen LogP contribution in [0.3, 0.4) is 0 Å². The molecule has 1 unspecified atom stereocenters. The largest absolute Gasteiger partial charge is 0.507 e. The van der Waals surface area contributed by atoms with Crippen LogP contribution in [0, 0.1) is 6.92 Å². The quantitative estimate of drug-likeness (QED) is 0.238. The van der Waals surface area contributed by atoms with Gasteiger partial charge in [-0.2, -0.15) is 11.8 Å². The Bertz CT molecular complexity index is 1300. The van der Waals surface area contributed by atoms with Crippen molar-refractivity contribution in [3.63, 3.8) is 0 Å². The molecule has 194 valence electrons. The Kier molecular flexibility index (Phi) is 10.3. The first-order chi connectivity index (χ1) is 17.7. The van der Waals surface area contributed by atoms with Crippen molar-refractivity contribution in [3.8, 4) is 5.75 Å². The molecule has 0 spiro atoms. The first-order valence-electron chi connectivity index (χ1n) is 11.2. The van der Waals surface area contributed by atoms with Crippen LogP contribution < -0.4 is 10.0 Å². The molecule has 1 heterocycles. The van der Waals surface area contributed by atoms with Gasteiger partial charge in [-0.05, 0) is 48.4 Å². The maximum atomic E-state index is 12.4. The highest BCUT2D eigenvalue weighted by atomic mass is 32.2. The van der Waals surface area contributed by atoms with E-state index >= 15 is 0 Å². The number of carbonyl (C=O) groups excluding carboxylic acids is 2. The maximum absolute atomic E-state index is 12.4. The molecule has 0 aliphatic rings. The fraction of sp³-hybridized carbons (Fsp3) is 0.240. The van der Waals surface area contributed by atoms with E-state index < -0.39 is 28.6 Å². The minimum absolute atomic E-state index is 0.0308. The van der Waals surface area contributed by atoms with Crippen molar-refractivity contribution in [3.05, 3.63) is 82.9 Å². The van der Waals surface area contributed by atoms with Gasteiger partial charge in [0.05, 0.1) is 41.8 Å². The summed E-state index contributed by atoms with van der Waals surface area (Å²) in [4.78, 5) is 43.8. The zero-order chi connectivity index (χ0) is 26.8. The lowest BCUT2D eigenvalue weighted by atomic mass is 10.1. The molecule has 0 bridgehead atoms. The Morgan fingerprint density at radius 2 is 1.86 bits per heavy atom. The first-order valence-corrected chi connectivity index (χ1v) is 13.5. The standard InChI is InChI=1S/C25H26N4O6S2/c1-16-4-2-3-5-17(16)8-9-36-15-19(30)13-28-24(32)22-14-26-18(11-27-22)12-29-37(35)20-6-7-23(31)21(10-20)25(33)34/h2-7,10-11,14,29,31H,8-9,12-13,15H2,1H3,(H,28,32)(H,33,34). The molecule has 0 radical (unpaired) electrons. The minimum atomic E-state index is -1.77. The fourth-order valence-electron chi connectivity index (χ4n) is 3.17. The number of benzene rings is 2. The van der Waals surface area contributed by atoms with Gasteiger partial charge in [-0.1, -0.05) is 24.3 Å². The topological polar surface area (TPSA) is 159 Å². The number of rotatable bonds is 13. The van der Waals surface area contributed by atoms with Crippen LogP contribution in [0.25, 0.3) is 0 Å². The van der Waals surface area contributed by atoms with Crippen molar-refractivity contribution in [2.45, 2.75) is 24.8 Å². The molecule has 12 heteroatoms. The molecule has 0 saturated carbocycles. The number of nitrogens with one attached hydrogen (secondary N) is 2. The summed E-state index contributed by atoms with van der Waals surface area (Å²) in [5.41, 5.74) is 2.55. The zero-order valence-electron chi connectivity index (χ0n) is 20.0. The molecule has 4 N–H and O–H groups in total. The summed E-state index contributed by atoms with van der Waals surface area (Å²) >= 11 is 1.52. The Morgan fingerprint density at radius 1 is 1.08 bits per heavy atom. The summed E-state index contributed by atoms with van der Waals surface area (Å²) in [6.07, 6.45) is 3.46. The third-order valence-electron chi connectivity index (χ3n) is 5.22. The molecule has 0 saturated heterocycles. The molecular weight excluding hydrogens is 516 g/mol. The summed E-state index contributed by atoms with van der Waals surface area (Å²) in [6, 6.07) is 11.7. The van der Waals surface area contributed by atoms with Gasteiger partial charge < -0.3 is 15.5 Å². The van der Waals surface area contributed by atoms with Crippen LogP contribution in [0.5, 0.6) is 5.75 Å². The van der Waals surface area contributed by atoms with Gasteiger partial charge in [0.2, 0.25) is 0 Å². The van der Waals surface area contributed by atoms with Gasteiger partial charge in [0.15, 0.2) is 5.78 Å². The Morgan fingerprint density at radius 3 is 2.57 bits per heavy atom. The molecule has 2 aromatic carbocycles. The number of carboxylic acid groups (broad SMARTS) is 1. The highest BCUT2D eigenvalue weighted by Crippen LogP contribution is 2.20. The molecular formula is C25H26N4O6S2. The van der Waals surface area contributed by atoms with Gasteiger partial charge in [-0.25, -0.2) is 18.7 Å². The summed E-state index contributed by atoms with van der Waals surface area (Å²) in [6.45, 7) is 1.98. The average molecular weight is 543 g/mol. The van der Waals surface area contributed by atoms with Gasteiger partial charge >= 0.3 is 5.97 Å². The van der Waals surface area contributed by atoms with E-state index in [0.717, 1.165) is 24.3 Å². The van der Waals surface area contributed by atoms with Crippen LogP contribution >= 0.6 is 11.8 Å². The number of hydrogen-bond acceptors (Lipinski definition) is 8. The summed E-state index contributed by atoms with van der Waals surface area (Å²) in [7, 11) is -1.77. The number of carbonyl (C=O) groups is 3. The van der Waals surface area contributed by atoms with E-state index in [1.54, 1.807) is 0 Å². The third kappa shape index (κ3) is 8.48. The minimum Gasteiger partial charge on any atom is -0.507 e. The number of aromatic hydroxyl groups is 1. The highest BCUT2D eigenvalue weighted by molar-refractivity contribution is 7.99. The number of carboxylic acids is 1. The van der Waals surface area contributed by atoms with Crippen molar-refractivity contribution in [2.24, 2.45) is 0 Å². The molecule has 1 amide bonds. The molecule has 37 heavy (non-hydrogen) atoms. The van der Waals surface area contributed by atoms with E-state index in [1.807, 2.05) is 12.1 Å². The molecule has 1 atom stereocenters. The lowest BCUT2D eigenvalue weighted by Gasteiger charge is -2.07. The Balaban J connectivity index is 1.40. The molecule has 1 aromatic heterocycles. The number of thioether (sulfide) groups is 1. The van der Waals surface area contributed by atoms with E-state index in [4.69, 9.17) is 5.11 Å². The molecule has 0 fully saturated rings. The van der Waals surface area contributed by atoms with Crippen LogP contribution in [0.4, 0.5) is 0 Å². The fourth-order valence-corrected chi connectivity index (χ4v) is 4.87. The monoisotopic (exact) mass is 542 g/mol. The van der Waals surface area contributed by atoms with Crippen molar-refractivity contribution >= 4 is 40.4 Å². The maximum Gasteiger partial charge on any atom is 0.339 e. The second-order valence-corrected chi connectivity index (χ2v) is 10.3. The lowest BCUT2D eigenvalue weighted by Crippen LogP contribution is -2.31. The van der Waals surface area contributed by atoms with E-state index in [0.29, 0.717) is 11.4 Å². The van der Waals surface area contributed by atoms with Gasteiger partial charge in [0.1, 0.15) is 28.0 Å². The summed E-state index contributed by atoms with van der Waals surface area (Å²) in [5.74, 6) is -1.28. The van der Waals surface area contributed by atoms with Crippen molar-refractivity contribution in [1.29, 1.82) is 0 Å². The normalized spacial score (nSPS) is 11.6. The summed E-state index contributed by atoms with van der Waals surface area (Å²) in [5, 5.41) is 21.2. The van der Waals surface area contributed by atoms with Crippen molar-refractivity contribution < 1.29 is 28.8 Å². The third-order valence-corrected chi connectivity index (χ3v) is 7.33. The van der Waals surface area contributed by atoms with E-state index in [2.05, 4.69) is 39.1 Å². The number of ketones is 1. The van der Waals surface area contributed by atoms with Gasteiger partial charge in [0.25, 0.3) is 5.91 Å². The SMILES string of the molecule is Cc1ccccc1CCSCC(=O)CNC(=O)c1cnc(CNS(=O)c2ccc(O)c(C(=O)O)c2)cn1. The second-order valence-electron chi connectivity index (χ2n) is 7.92. The number of phenols is 1. The molecule has 0 aliphatic heterocycles. The molecule has 3 aromatic rings. The van der Waals surface area contributed by atoms with Crippen LogP contribution in [-0.2, 0) is 28.7 Å². The van der Waals surface area contributed by atoms with Gasteiger partial charge in [0, 0.05) is 0 Å². The number of aromatic nitrogens is 2. The van der Waals surface area contributed by atoms with Crippen LogP contribution in [0.2, 0.25) is 0 Å². The van der Waals surface area contributed by atoms with E-state index in [9.17, 15) is 23.7 Å². The second kappa shape index (κ2) is 13.6. The van der Waals surface area contributed by atoms with Crippen LogP contribution in [0.15, 0.2) is 59.8 Å². The number of aromatic carboxylic acids is 1. The number of nitrogens with zero attached hydrogens (tertiary/aromatic N) is 2. The predicted molar refractivity (Wildman–Crippen MR) is 140 cm³/mol. The first kappa shape index (κ1) is 28.0. The predicted octanol–water partition coefficient (Wildman–Crippen LogP) is 2.28. The Hall–Kier alpha value is -3.61. The average Bonchev–Trinajstić information content (AvgIpc) is 2.89. The van der Waals surface area contributed by atoms with E-state index in [1.165, 1.54) is 41.3 Å². The van der Waals surface area contributed by atoms with Gasteiger partial charge in [-0.15, -0.1) is 0 Å². The number of amides is 1. The smallest absolute Gasteiger partial charge is 0.339 e. The van der Waals surface area contributed by atoms with Crippen molar-refractivity contribution in [2.75, 3.05) is 18.1 Å². The molecule has 3 rings (SSSR count). The van der Waals surface area contributed by atoms with Crippen LogP contribution in [-0.4, -0.2) is 60.1 Å². The number of aryl methyl sites for hydroxylation is 2. The van der Waals surface area contributed by atoms with Gasteiger partial charge in [-0.3, -0.25) is 14.6 Å². The highest BCUT2D eigenvalue weighted by Gasteiger charge is 2.14. The zero-order valence-corrected chi connectivity index (χ0v) is 21.6. The number of Topliss-reactive ketones (excluding diaryl/α,β-unsaturated/α-hetero) is 1. The summed E-state index contributed by atoms with van der Waals surface area (Å²) < 4.78 is 15.1. The molecule has 10 nitrogen and oxygen atoms in total. The number of hydrogen-bond donors (Lipinski definition) is 4. The van der Waals surface area contributed by atoms with Crippen molar-refractivity contribution in [1.82, 2.24) is 20.0 Å². The Labute approximate surface area is 220 Å². The van der Waals surface area contributed by atoms with E-state index in [-0.39, 0.29) is 35.0 Å². The molecule has 0 aliphatic carbocycles. The lowest BCUT2D eigenvalue weighted by molar-refractivity contribution is -0.115. The van der Waals surface area contributed by atoms with Crippen LogP contribution in [0.1, 0.15) is 37.7 Å².